The summed E-state index contributed by atoms with van der Waals surface area (Å²) in [6.07, 6.45) is 1.83. The van der Waals surface area contributed by atoms with Crippen molar-refractivity contribution in [2.75, 3.05) is 19.7 Å². The van der Waals surface area contributed by atoms with Gasteiger partial charge in [-0.05, 0) is 49.6 Å². The normalized spacial score (nSPS) is 16.7. The van der Waals surface area contributed by atoms with Gasteiger partial charge in [0.05, 0.1) is 27.6 Å². The monoisotopic (exact) mass is 470 g/mol. The van der Waals surface area contributed by atoms with E-state index in [0.29, 0.717) is 28.8 Å². The van der Waals surface area contributed by atoms with Crippen molar-refractivity contribution in [2.45, 2.75) is 37.3 Å². The highest BCUT2D eigenvalue weighted by molar-refractivity contribution is 7.89. The quantitative estimate of drug-likeness (QED) is 0.636. The van der Waals surface area contributed by atoms with Crippen molar-refractivity contribution in [3.05, 3.63) is 63.6 Å². The van der Waals surface area contributed by atoms with Gasteiger partial charge in [-0.25, -0.2) is 8.42 Å². The van der Waals surface area contributed by atoms with Crippen molar-refractivity contribution in [3.63, 3.8) is 0 Å². The molecule has 1 heterocycles. The lowest BCUT2D eigenvalue weighted by Crippen LogP contribution is -2.42. The van der Waals surface area contributed by atoms with Crippen LogP contribution < -0.4 is 5.32 Å². The van der Waals surface area contributed by atoms with E-state index in [-0.39, 0.29) is 30.0 Å². The summed E-state index contributed by atoms with van der Waals surface area (Å²) in [5, 5.41) is 3.48. The molecule has 0 bridgehead atoms. The van der Waals surface area contributed by atoms with Gasteiger partial charge in [-0.2, -0.15) is 4.31 Å². The Hall–Kier alpha value is -1.64. The maximum absolute atomic E-state index is 13.3. The molecule has 0 unspecified atom stereocenters. The first kappa shape index (κ1) is 23.0. The smallest absolute Gasteiger partial charge is 0.243 e. The maximum atomic E-state index is 13.3. The second-order valence-corrected chi connectivity index (χ2v) is 10.0. The molecule has 9 heteroatoms. The number of ether oxygens (including phenoxy) is 1. The van der Waals surface area contributed by atoms with Gasteiger partial charge in [0.25, 0.3) is 0 Å². The summed E-state index contributed by atoms with van der Waals surface area (Å²) in [4.78, 5) is 12.7. The van der Waals surface area contributed by atoms with Crippen LogP contribution in [0.5, 0.6) is 0 Å². The summed E-state index contributed by atoms with van der Waals surface area (Å²) < 4.78 is 33.2. The van der Waals surface area contributed by atoms with Gasteiger partial charge in [-0.15, -0.1) is 0 Å². The van der Waals surface area contributed by atoms with Crippen LogP contribution in [-0.2, 0) is 26.1 Å². The van der Waals surface area contributed by atoms with Crippen LogP contribution in [0.25, 0.3) is 0 Å². The number of nitrogens with one attached hydrogen (secondary N) is 1. The molecule has 0 saturated carbocycles. The van der Waals surface area contributed by atoms with Crippen LogP contribution in [0.3, 0.4) is 0 Å². The number of rotatable bonds is 8. The number of nitrogens with zero attached hydrogens (tertiary/aromatic N) is 1. The number of aryl methyl sites for hydroxylation is 1. The first-order valence-electron chi connectivity index (χ1n) is 9.65. The molecule has 0 radical (unpaired) electrons. The minimum Gasteiger partial charge on any atom is -0.376 e. The van der Waals surface area contributed by atoms with Crippen LogP contribution in [0, 0.1) is 6.92 Å². The van der Waals surface area contributed by atoms with Gasteiger partial charge in [0, 0.05) is 19.7 Å². The summed E-state index contributed by atoms with van der Waals surface area (Å²) >= 11 is 12.0. The molecular weight excluding hydrogens is 447 g/mol. The Kier molecular flexibility index (Phi) is 7.76. The highest BCUT2D eigenvalue weighted by Gasteiger charge is 2.27. The van der Waals surface area contributed by atoms with Crippen LogP contribution in [0.15, 0.2) is 47.4 Å². The average molecular weight is 471 g/mol. The van der Waals surface area contributed by atoms with Gasteiger partial charge in [-0.1, -0.05) is 47.0 Å². The first-order chi connectivity index (χ1) is 14.3. The van der Waals surface area contributed by atoms with Gasteiger partial charge in [0.1, 0.15) is 0 Å². The Labute approximate surface area is 187 Å². The van der Waals surface area contributed by atoms with Crippen molar-refractivity contribution in [3.8, 4) is 0 Å². The van der Waals surface area contributed by atoms with E-state index in [9.17, 15) is 13.2 Å². The maximum Gasteiger partial charge on any atom is 0.243 e. The molecule has 2 aromatic rings. The van der Waals surface area contributed by atoms with E-state index in [4.69, 9.17) is 27.9 Å². The minimum atomic E-state index is -3.91. The predicted molar refractivity (Wildman–Crippen MR) is 117 cm³/mol. The van der Waals surface area contributed by atoms with Crippen LogP contribution in [0.2, 0.25) is 10.0 Å². The van der Waals surface area contributed by atoms with Crippen LogP contribution in [-0.4, -0.2) is 44.4 Å². The predicted octanol–water partition coefficient (Wildman–Crippen LogP) is 3.79. The lowest BCUT2D eigenvalue weighted by Gasteiger charge is -2.23. The molecule has 6 nitrogen and oxygen atoms in total. The summed E-state index contributed by atoms with van der Waals surface area (Å²) in [5.41, 5.74) is 1.58. The number of carbonyl (C=O) groups excluding carboxylic acids is 1. The minimum absolute atomic E-state index is 0.0134. The van der Waals surface area contributed by atoms with Crippen molar-refractivity contribution >= 4 is 39.1 Å². The Morgan fingerprint density at radius 3 is 2.53 bits per heavy atom. The topological polar surface area (TPSA) is 75.7 Å². The fraction of sp³-hybridized carbons (Fsp3) is 0.381. The van der Waals surface area contributed by atoms with Gasteiger partial charge >= 0.3 is 0 Å². The van der Waals surface area contributed by atoms with E-state index < -0.39 is 10.0 Å². The van der Waals surface area contributed by atoms with E-state index >= 15 is 0 Å². The second-order valence-electron chi connectivity index (χ2n) is 7.27. The van der Waals surface area contributed by atoms with Gasteiger partial charge < -0.3 is 10.1 Å². The average Bonchev–Trinajstić information content (AvgIpc) is 3.23. The SMILES string of the molecule is Cc1ccc(S(=O)(=O)N(CC(=O)NC[C@@H]2CCCO2)Cc2ccc(Cl)c(Cl)c2)cc1. The summed E-state index contributed by atoms with van der Waals surface area (Å²) in [7, 11) is -3.91. The van der Waals surface area contributed by atoms with Gasteiger partial charge in [0.2, 0.25) is 15.9 Å². The fourth-order valence-corrected chi connectivity index (χ4v) is 4.88. The number of amides is 1. The van der Waals surface area contributed by atoms with Crippen molar-refractivity contribution in [2.24, 2.45) is 0 Å². The molecule has 0 spiro atoms. The fourth-order valence-electron chi connectivity index (χ4n) is 3.18. The second kappa shape index (κ2) is 10.1. The Bertz CT molecular complexity index is 991. The molecule has 0 aromatic heterocycles. The molecule has 1 aliphatic heterocycles. The molecule has 1 saturated heterocycles. The molecule has 1 aliphatic rings. The highest BCUT2D eigenvalue weighted by atomic mass is 35.5. The zero-order chi connectivity index (χ0) is 21.7. The molecule has 1 atom stereocenters. The number of sulfonamides is 1. The Morgan fingerprint density at radius 1 is 1.17 bits per heavy atom. The molecule has 162 valence electrons. The molecule has 30 heavy (non-hydrogen) atoms. The number of hydrogen-bond acceptors (Lipinski definition) is 4. The van der Waals surface area contributed by atoms with Crippen LogP contribution >= 0.6 is 23.2 Å². The summed E-state index contributed by atoms with van der Waals surface area (Å²) in [6.45, 7) is 2.60. The van der Waals surface area contributed by atoms with Gasteiger partial charge in [-0.3, -0.25) is 4.79 Å². The molecular formula is C21H24Cl2N2O4S. The lowest BCUT2D eigenvalue weighted by molar-refractivity contribution is -0.121. The van der Waals surface area contributed by atoms with Crippen molar-refractivity contribution < 1.29 is 17.9 Å². The summed E-state index contributed by atoms with van der Waals surface area (Å²) in [5.74, 6) is -0.388. The van der Waals surface area contributed by atoms with Crippen LogP contribution in [0.1, 0.15) is 24.0 Å². The van der Waals surface area contributed by atoms with Gasteiger partial charge in [0.15, 0.2) is 0 Å². The number of benzene rings is 2. The third-order valence-electron chi connectivity index (χ3n) is 4.87. The summed E-state index contributed by atoms with van der Waals surface area (Å²) in [6, 6.07) is 11.4. The highest BCUT2D eigenvalue weighted by Crippen LogP contribution is 2.25. The molecule has 0 aliphatic carbocycles. The molecule has 1 fully saturated rings. The third-order valence-corrected chi connectivity index (χ3v) is 7.42. The standard InChI is InChI=1S/C21H24Cl2N2O4S/c1-15-4-7-18(8-5-15)30(27,28)25(13-16-6-9-19(22)20(23)11-16)14-21(26)24-12-17-3-2-10-29-17/h4-9,11,17H,2-3,10,12-14H2,1H3,(H,24,26)/t17-/m0/s1. The first-order valence-corrected chi connectivity index (χ1v) is 11.8. The van der Waals surface area contributed by atoms with Crippen molar-refractivity contribution in [1.82, 2.24) is 9.62 Å². The number of halogens is 2. The van der Waals surface area contributed by atoms with E-state index in [1.807, 2.05) is 6.92 Å². The van der Waals surface area contributed by atoms with E-state index in [1.165, 1.54) is 12.1 Å². The molecule has 3 rings (SSSR count). The zero-order valence-electron chi connectivity index (χ0n) is 16.6. The largest absolute Gasteiger partial charge is 0.376 e. The Balaban J connectivity index is 1.80. The molecule has 1 N–H and O–H groups in total. The Morgan fingerprint density at radius 2 is 1.90 bits per heavy atom. The number of carbonyl (C=O) groups is 1. The van der Waals surface area contributed by atoms with E-state index in [1.54, 1.807) is 30.3 Å². The lowest BCUT2D eigenvalue weighted by atomic mass is 10.2. The van der Waals surface area contributed by atoms with E-state index in [2.05, 4.69) is 5.32 Å². The number of hydrogen-bond donors (Lipinski definition) is 1. The third kappa shape index (κ3) is 5.95. The molecule has 2 aromatic carbocycles. The zero-order valence-corrected chi connectivity index (χ0v) is 18.9. The van der Waals surface area contributed by atoms with Crippen LogP contribution in [0.4, 0.5) is 0 Å². The molecule has 1 amide bonds. The van der Waals surface area contributed by atoms with Crippen molar-refractivity contribution in [1.29, 1.82) is 0 Å². The van der Waals surface area contributed by atoms with E-state index in [0.717, 1.165) is 22.7 Å².